The van der Waals surface area contributed by atoms with Crippen LogP contribution in [0.2, 0.25) is 0 Å². The monoisotopic (exact) mass is 194 g/mol. The summed E-state index contributed by atoms with van der Waals surface area (Å²) >= 11 is 0. The second-order valence-corrected chi connectivity index (χ2v) is 4.22. The summed E-state index contributed by atoms with van der Waals surface area (Å²) in [6.07, 6.45) is 4.12. The summed E-state index contributed by atoms with van der Waals surface area (Å²) in [6.45, 7) is 6.69. The van der Waals surface area contributed by atoms with Gasteiger partial charge in [-0.3, -0.25) is 4.79 Å². The highest BCUT2D eigenvalue weighted by atomic mass is 16.2. The highest BCUT2D eigenvalue weighted by Crippen LogP contribution is 2.16. The predicted octanol–water partition coefficient (Wildman–Crippen LogP) is 0.917. The van der Waals surface area contributed by atoms with Crippen LogP contribution in [0, 0.1) is 0 Å². The van der Waals surface area contributed by atoms with Gasteiger partial charge in [0, 0.05) is 13.1 Å². The Morgan fingerprint density at radius 2 is 2.14 bits per heavy atom. The lowest BCUT2D eigenvalue weighted by molar-refractivity contribution is -0.133. The molecule has 0 spiro atoms. The van der Waals surface area contributed by atoms with E-state index in [9.17, 15) is 4.79 Å². The number of hydrogen-bond donors (Lipinski definition) is 1. The molecule has 2 fully saturated rings. The van der Waals surface area contributed by atoms with Crippen LogP contribution in [0.1, 0.15) is 25.7 Å². The molecule has 0 aromatic carbocycles. The summed E-state index contributed by atoms with van der Waals surface area (Å²) in [4.78, 5) is 13.9. The minimum Gasteiger partial charge on any atom is -0.341 e. The van der Waals surface area contributed by atoms with Crippen molar-refractivity contribution >= 4 is 5.91 Å². The second kappa shape index (κ2) is 4.13. The summed E-state index contributed by atoms with van der Waals surface area (Å²) in [5, 5.41) is 3.25. The molecule has 0 saturated carbocycles. The summed E-state index contributed by atoms with van der Waals surface area (Å²) in [7, 11) is 0. The van der Waals surface area contributed by atoms with Crippen molar-refractivity contribution in [3.8, 4) is 0 Å². The van der Waals surface area contributed by atoms with Gasteiger partial charge in [-0.15, -0.1) is 0 Å². The van der Waals surface area contributed by atoms with Crippen molar-refractivity contribution in [2.45, 2.75) is 31.7 Å². The van der Waals surface area contributed by atoms with Gasteiger partial charge in [0.05, 0.1) is 6.04 Å². The Bertz CT molecular complexity index is 234. The van der Waals surface area contributed by atoms with Crippen molar-refractivity contribution < 1.29 is 4.79 Å². The molecule has 1 N–H and O–H groups in total. The molecule has 0 aliphatic carbocycles. The van der Waals surface area contributed by atoms with E-state index in [-0.39, 0.29) is 6.04 Å². The molecule has 2 aliphatic rings. The Balaban J connectivity index is 1.88. The fourth-order valence-corrected chi connectivity index (χ4v) is 2.16. The van der Waals surface area contributed by atoms with E-state index in [4.69, 9.17) is 0 Å². The molecule has 2 saturated heterocycles. The quantitative estimate of drug-likeness (QED) is 0.629. The smallest absolute Gasteiger partial charge is 0.239 e. The fraction of sp³-hybridized carbons (Fsp3) is 0.727. The molecule has 0 aromatic rings. The number of rotatable bonds is 1. The van der Waals surface area contributed by atoms with E-state index in [2.05, 4.69) is 11.9 Å². The summed E-state index contributed by atoms with van der Waals surface area (Å²) in [6, 6.07) is 0.0985. The maximum atomic E-state index is 11.9. The van der Waals surface area contributed by atoms with Crippen LogP contribution in [-0.2, 0) is 4.79 Å². The van der Waals surface area contributed by atoms with Crippen LogP contribution in [0.3, 0.4) is 0 Å². The average Bonchev–Trinajstić information content (AvgIpc) is 2.71. The lowest BCUT2D eigenvalue weighted by atomic mass is 10.0. The first-order chi connectivity index (χ1) is 6.77. The van der Waals surface area contributed by atoms with Crippen LogP contribution in [-0.4, -0.2) is 36.5 Å². The molecular formula is C11H18N2O. The number of likely N-dealkylation sites (tertiary alicyclic amines) is 1. The highest BCUT2D eigenvalue weighted by Gasteiger charge is 2.27. The standard InChI is InChI=1S/C11H18N2O/c1-9-4-7-13(8-5-9)11(14)10-3-2-6-12-10/h10,12H,1-8H2/t10-/m0/s1. The molecule has 14 heavy (non-hydrogen) atoms. The first kappa shape index (κ1) is 9.71. The third-order valence-corrected chi connectivity index (χ3v) is 3.14. The number of hydrogen-bond acceptors (Lipinski definition) is 2. The van der Waals surface area contributed by atoms with Gasteiger partial charge in [-0.2, -0.15) is 0 Å². The first-order valence-electron chi connectivity index (χ1n) is 5.46. The molecule has 0 aromatic heterocycles. The van der Waals surface area contributed by atoms with E-state index < -0.39 is 0 Å². The van der Waals surface area contributed by atoms with Gasteiger partial charge in [-0.25, -0.2) is 0 Å². The van der Waals surface area contributed by atoms with Crippen LogP contribution in [0.15, 0.2) is 12.2 Å². The predicted molar refractivity (Wildman–Crippen MR) is 56.0 cm³/mol. The van der Waals surface area contributed by atoms with E-state index in [1.54, 1.807) is 0 Å². The van der Waals surface area contributed by atoms with Crippen molar-refractivity contribution in [2.24, 2.45) is 0 Å². The van der Waals surface area contributed by atoms with Crippen LogP contribution in [0.25, 0.3) is 0 Å². The van der Waals surface area contributed by atoms with E-state index in [1.807, 2.05) is 4.90 Å². The zero-order valence-electron chi connectivity index (χ0n) is 8.59. The molecule has 2 aliphatic heterocycles. The molecule has 2 rings (SSSR count). The van der Waals surface area contributed by atoms with Crippen LogP contribution in [0.4, 0.5) is 0 Å². The number of carbonyl (C=O) groups excluding carboxylic acids is 1. The molecule has 2 heterocycles. The lowest BCUT2D eigenvalue weighted by Gasteiger charge is -2.30. The van der Waals surface area contributed by atoms with E-state index in [0.717, 1.165) is 45.3 Å². The number of carbonyl (C=O) groups is 1. The van der Waals surface area contributed by atoms with Crippen LogP contribution >= 0.6 is 0 Å². The van der Waals surface area contributed by atoms with Crippen LogP contribution in [0.5, 0.6) is 0 Å². The van der Waals surface area contributed by atoms with Crippen molar-refractivity contribution in [1.82, 2.24) is 10.2 Å². The maximum absolute atomic E-state index is 11.9. The van der Waals surface area contributed by atoms with Crippen molar-refractivity contribution in [2.75, 3.05) is 19.6 Å². The largest absolute Gasteiger partial charge is 0.341 e. The molecule has 3 nitrogen and oxygen atoms in total. The van der Waals surface area contributed by atoms with Crippen molar-refractivity contribution in [1.29, 1.82) is 0 Å². The lowest BCUT2D eigenvalue weighted by Crippen LogP contribution is -2.45. The van der Waals surface area contributed by atoms with Gasteiger partial charge in [-0.1, -0.05) is 12.2 Å². The minimum atomic E-state index is 0.0985. The minimum absolute atomic E-state index is 0.0985. The van der Waals surface area contributed by atoms with Gasteiger partial charge >= 0.3 is 0 Å². The Labute approximate surface area is 85.2 Å². The second-order valence-electron chi connectivity index (χ2n) is 4.22. The van der Waals surface area contributed by atoms with Gasteiger partial charge in [-0.05, 0) is 32.2 Å². The molecule has 0 unspecified atom stereocenters. The van der Waals surface area contributed by atoms with Gasteiger partial charge in [0.15, 0.2) is 0 Å². The van der Waals surface area contributed by atoms with E-state index in [1.165, 1.54) is 5.57 Å². The zero-order chi connectivity index (χ0) is 9.97. The van der Waals surface area contributed by atoms with Crippen LogP contribution < -0.4 is 5.32 Å². The number of nitrogens with zero attached hydrogens (tertiary/aromatic N) is 1. The number of amides is 1. The molecule has 78 valence electrons. The summed E-state index contributed by atoms with van der Waals surface area (Å²) < 4.78 is 0. The SMILES string of the molecule is C=C1CCN(C(=O)[C@@H]2CCCN2)CC1. The van der Waals surface area contributed by atoms with Gasteiger partial charge in [0.2, 0.25) is 5.91 Å². The van der Waals surface area contributed by atoms with E-state index in [0.29, 0.717) is 5.91 Å². The molecule has 0 radical (unpaired) electrons. The summed E-state index contributed by atoms with van der Waals surface area (Å²) in [5.41, 5.74) is 1.29. The Morgan fingerprint density at radius 1 is 1.43 bits per heavy atom. The highest BCUT2D eigenvalue weighted by molar-refractivity contribution is 5.82. The zero-order valence-corrected chi connectivity index (χ0v) is 8.59. The Morgan fingerprint density at radius 3 is 2.71 bits per heavy atom. The van der Waals surface area contributed by atoms with Gasteiger partial charge in [0.1, 0.15) is 0 Å². The molecular weight excluding hydrogens is 176 g/mol. The van der Waals surface area contributed by atoms with Gasteiger partial charge in [0.25, 0.3) is 0 Å². The normalized spacial score (nSPS) is 28.1. The fourth-order valence-electron chi connectivity index (χ4n) is 2.16. The molecule has 3 heteroatoms. The number of piperidine rings is 1. The maximum Gasteiger partial charge on any atom is 0.239 e. The Hall–Kier alpha value is -0.830. The first-order valence-corrected chi connectivity index (χ1v) is 5.46. The molecule has 0 bridgehead atoms. The number of nitrogens with one attached hydrogen (secondary N) is 1. The Kier molecular flexibility index (Phi) is 2.87. The van der Waals surface area contributed by atoms with Gasteiger partial charge < -0.3 is 10.2 Å². The third kappa shape index (κ3) is 1.98. The van der Waals surface area contributed by atoms with E-state index >= 15 is 0 Å². The van der Waals surface area contributed by atoms with Crippen molar-refractivity contribution in [3.63, 3.8) is 0 Å². The average molecular weight is 194 g/mol. The molecule has 1 amide bonds. The summed E-state index contributed by atoms with van der Waals surface area (Å²) in [5.74, 6) is 0.301. The third-order valence-electron chi connectivity index (χ3n) is 3.14. The topological polar surface area (TPSA) is 32.3 Å². The van der Waals surface area contributed by atoms with Crippen molar-refractivity contribution in [3.05, 3.63) is 12.2 Å². The molecule has 1 atom stereocenters.